The Balaban J connectivity index is 2.10. The van der Waals surface area contributed by atoms with Crippen LogP contribution in [0, 0.1) is 0 Å². The van der Waals surface area contributed by atoms with Gasteiger partial charge < -0.3 is 10.5 Å². The van der Waals surface area contributed by atoms with Crippen molar-refractivity contribution in [1.29, 1.82) is 0 Å². The molecule has 2 aromatic heterocycles. The third kappa shape index (κ3) is 2.08. The van der Waals surface area contributed by atoms with E-state index in [4.69, 9.17) is 10.5 Å². The number of nitrogens with zero attached hydrogens (tertiary/aromatic N) is 5. The zero-order valence-electron chi connectivity index (χ0n) is 9.13. The van der Waals surface area contributed by atoms with Gasteiger partial charge in [-0.3, -0.25) is 0 Å². The van der Waals surface area contributed by atoms with E-state index < -0.39 is 0 Å². The van der Waals surface area contributed by atoms with Crippen molar-refractivity contribution in [2.45, 2.75) is 19.4 Å². The minimum atomic E-state index is 0.369. The van der Waals surface area contributed by atoms with Crippen molar-refractivity contribution in [1.82, 2.24) is 25.0 Å². The van der Waals surface area contributed by atoms with Crippen molar-refractivity contribution in [2.75, 3.05) is 19.5 Å². The van der Waals surface area contributed by atoms with Crippen LogP contribution in [0.25, 0.3) is 11.2 Å². The normalized spacial score (nSPS) is 11.1. The van der Waals surface area contributed by atoms with E-state index in [9.17, 15) is 0 Å². The van der Waals surface area contributed by atoms with E-state index in [1.807, 2.05) is 0 Å². The zero-order chi connectivity index (χ0) is 11.4. The van der Waals surface area contributed by atoms with Gasteiger partial charge in [0.1, 0.15) is 6.33 Å². The molecule has 0 radical (unpaired) electrons. The van der Waals surface area contributed by atoms with Crippen LogP contribution >= 0.6 is 0 Å². The third-order valence-electron chi connectivity index (χ3n) is 2.30. The minimum absolute atomic E-state index is 0.369. The van der Waals surface area contributed by atoms with Gasteiger partial charge in [0.05, 0.1) is 0 Å². The van der Waals surface area contributed by atoms with E-state index in [0.29, 0.717) is 17.0 Å². The van der Waals surface area contributed by atoms with E-state index in [1.165, 1.54) is 6.33 Å². The number of rotatable bonds is 5. The summed E-state index contributed by atoms with van der Waals surface area (Å²) in [7, 11) is 1.69. The maximum atomic E-state index is 5.66. The van der Waals surface area contributed by atoms with Gasteiger partial charge in [-0.1, -0.05) is 5.21 Å². The Kier molecular flexibility index (Phi) is 3.25. The molecule has 0 aliphatic rings. The van der Waals surface area contributed by atoms with Crippen LogP contribution in [0.2, 0.25) is 0 Å². The van der Waals surface area contributed by atoms with E-state index in [2.05, 4.69) is 20.3 Å². The largest absolute Gasteiger partial charge is 0.385 e. The molecule has 2 N–H and O–H groups in total. The molecule has 0 aromatic carbocycles. The van der Waals surface area contributed by atoms with Gasteiger partial charge in [-0.15, -0.1) is 5.10 Å². The second kappa shape index (κ2) is 4.84. The zero-order valence-corrected chi connectivity index (χ0v) is 9.13. The van der Waals surface area contributed by atoms with Crippen LogP contribution < -0.4 is 5.73 Å². The van der Waals surface area contributed by atoms with E-state index in [-0.39, 0.29) is 0 Å². The molecule has 0 fully saturated rings. The maximum Gasteiger partial charge on any atom is 0.183 e. The van der Waals surface area contributed by atoms with Crippen molar-refractivity contribution < 1.29 is 4.74 Å². The van der Waals surface area contributed by atoms with E-state index >= 15 is 0 Å². The maximum absolute atomic E-state index is 5.66. The number of unbranched alkanes of at least 4 members (excludes halogenated alkanes) is 1. The first-order chi connectivity index (χ1) is 7.83. The van der Waals surface area contributed by atoms with Gasteiger partial charge in [0.25, 0.3) is 0 Å². The highest BCUT2D eigenvalue weighted by atomic mass is 16.5. The van der Waals surface area contributed by atoms with Crippen molar-refractivity contribution in [3.8, 4) is 0 Å². The third-order valence-corrected chi connectivity index (χ3v) is 2.30. The number of anilines is 1. The Morgan fingerprint density at radius 1 is 1.38 bits per heavy atom. The fourth-order valence-electron chi connectivity index (χ4n) is 1.47. The molecule has 0 aliphatic carbocycles. The van der Waals surface area contributed by atoms with Crippen LogP contribution in [0.15, 0.2) is 6.33 Å². The summed E-state index contributed by atoms with van der Waals surface area (Å²) in [6.07, 6.45) is 3.38. The Morgan fingerprint density at radius 3 is 3.06 bits per heavy atom. The Bertz CT molecular complexity index is 468. The van der Waals surface area contributed by atoms with Crippen LogP contribution in [0.1, 0.15) is 12.8 Å². The molecule has 0 aliphatic heterocycles. The number of nitrogens with two attached hydrogens (primary N) is 1. The number of hydrogen-bond donors (Lipinski definition) is 1. The van der Waals surface area contributed by atoms with Gasteiger partial charge in [0, 0.05) is 20.3 Å². The molecule has 0 amide bonds. The second-order valence-corrected chi connectivity index (χ2v) is 3.44. The molecule has 2 rings (SSSR count). The number of ether oxygens (including phenoxy) is 1. The lowest BCUT2D eigenvalue weighted by Gasteiger charge is -2.01. The van der Waals surface area contributed by atoms with E-state index in [1.54, 1.807) is 11.8 Å². The highest BCUT2D eigenvalue weighted by Crippen LogP contribution is 2.12. The van der Waals surface area contributed by atoms with Gasteiger partial charge in [-0.25, -0.2) is 14.6 Å². The summed E-state index contributed by atoms with van der Waals surface area (Å²) in [5, 5.41) is 7.95. The number of hydrogen-bond acceptors (Lipinski definition) is 6. The predicted octanol–water partition coefficient (Wildman–Crippen LogP) is 0.230. The topological polar surface area (TPSA) is 91.7 Å². The summed E-state index contributed by atoms with van der Waals surface area (Å²) in [4.78, 5) is 7.98. The number of nitrogen functional groups attached to an aromatic ring is 1. The average Bonchev–Trinajstić information content (AvgIpc) is 2.70. The smallest absolute Gasteiger partial charge is 0.183 e. The molecule has 16 heavy (non-hydrogen) atoms. The molecule has 0 atom stereocenters. The molecule has 0 saturated carbocycles. The Hall–Kier alpha value is -1.76. The van der Waals surface area contributed by atoms with Gasteiger partial charge in [0.2, 0.25) is 0 Å². The SMILES string of the molecule is COCCCCn1nnc2c(N)ncnc21. The first kappa shape index (κ1) is 10.7. The quantitative estimate of drug-likeness (QED) is 0.728. The van der Waals surface area contributed by atoms with Crippen LogP contribution in [-0.4, -0.2) is 38.7 Å². The van der Waals surface area contributed by atoms with Crippen LogP contribution in [-0.2, 0) is 11.3 Å². The molecule has 7 nitrogen and oxygen atoms in total. The molecule has 0 bridgehead atoms. The van der Waals surface area contributed by atoms with Crippen LogP contribution in [0.4, 0.5) is 5.82 Å². The molecule has 2 aromatic rings. The molecule has 0 unspecified atom stereocenters. The van der Waals surface area contributed by atoms with Crippen LogP contribution in [0.5, 0.6) is 0 Å². The summed E-state index contributed by atoms with van der Waals surface area (Å²) in [5.74, 6) is 0.369. The van der Waals surface area contributed by atoms with Crippen molar-refractivity contribution in [3.63, 3.8) is 0 Å². The van der Waals surface area contributed by atoms with Gasteiger partial charge in [-0.2, -0.15) is 0 Å². The first-order valence-electron chi connectivity index (χ1n) is 5.11. The molecular formula is C9H14N6O. The fourth-order valence-corrected chi connectivity index (χ4v) is 1.47. The lowest BCUT2D eigenvalue weighted by atomic mass is 10.3. The highest BCUT2D eigenvalue weighted by molar-refractivity contribution is 5.80. The monoisotopic (exact) mass is 222 g/mol. The predicted molar refractivity (Wildman–Crippen MR) is 58.6 cm³/mol. The summed E-state index contributed by atoms with van der Waals surface area (Å²) in [5.41, 5.74) is 6.91. The van der Waals surface area contributed by atoms with Gasteiger partial charge >= 0.3 is 0 Å². The number of aromatic nitrogens is 5. The Labute approximate surface area is 92.6 Å². The Morgan fingerprint density at radius 2 is 2.25 bits per heavy atom. The number of fused-ring (bicyclic) bond motifs is 1. The fraction of sp³-hybridized carbons (Fsp3) is 0.556. The van der Waals surface area contributed by atoms with Gasteiger partial charge in [-0.05, 0) is 12.8 Å². The van der Waals surface area contributed by atoms with Crippen LogP contribution in [0.3, 0.4) is 0 Å². The summed E-state index contributed by atoms with van der Waals surface area (Å²) >= 11 is 0. The standard InChI is InChI=1S/C9H14N6O/c1-16-5-3-2-4-15-9-7(13-14-15)8(10)11-6-12-9/h6H,2-5H2,1H3,(H2,10,11,12). The molecule has 7 heteroatoms. The van der Waals surface area contributed by atoms with Crippen molar-refractivity contribution in [2.24, 2.45) is 0 Å². The second-order valence-electron chi connectivity index (χ2n) is 3.44. The lowest BCUT2D eigenvalue weighted by molar-refractivity contribution is 0.191. The minimum Gasteiger partial charge on any atom is -0.385 e. The van der Waals surface area contributed by atoms with Crippen molar-refractivity contribution >= 4 is 17.0 Å². The lowest BCUT2D eigenvalue weighted by Crippen LogP contribution is -2.03. The summed E-state index contributed by atoms with van der Waals surface area (Å²) in [6, 6.07) is 0. The first-order valence-corrected chi connectivity index (χ1v) is 5.11. The average molecular weight is 222 g/mol. The highest BCUT2D eigenvalue weighted by Gasteiger charge is 2.08. The number of aryl methyl sites for hydroxylation is 1. The molecule has 86 valence electrons. The molecule has 0 saturated heterocycles. The molecule has 2 heterocycles. The van der Waals surface area contributed by atoms with Crippen molar-refractivity contribution in [3.05, 3.63) is 6.33 Å². The molecule has 0 spiro atoms. The summed E-state index contributed by atoms with van der Waals surface area (Å²) < 4.78 is 6.72. The summed E-state index contributed by atoms with van der Waals surface area (Å²) in [6.45, 7) is 1.51. The van der Waals surface area contributed by atoms with E-state index in [0.717, 1.165) is 26.0 Å². The molecular weight excluding hydrogens is 208 g/mol. The van der Waals surface area contributed by atoms with Gasteiger partial charge in [0.15, 0.2) is 17.0 Å². The number of methoxy groups -OCH3 is 1.